The highest BCUT2D eigenvalue weighted by atomic mass is 16.1. The fourth-order valence-corrected chi connectivity index (χ4v) is 3.48. The van der Waals surface area contributed by atoms with E-state index in [0.717, 1.165) is 30.3 Å². The zero-order valence-electron chi connectivity index (χ0n) is 16.6. The van der Waals surface area contributed by atoms with Crippen LogP contribution in [-0.4, -0.2) is 46.6 Å². The Hall–Kier alpha value is -3.35. The Morgan fingerprint density at radius 1 is 1.03 bits per heavy atom. The molecule has 7 nitrogen and oxygen atoms in total. The van der Waals surface area contributed by atoms with Crippen LogP contribution >= 0.6 is 0 Å². The molecule has 0 bridgehead atoms. The zero-order chi connectivity index (χ0) is 20.1. The van der Waals surface area contributed by atoms with Crippen LogP contribution in [0.1, 0.15) is 28.9 Å². The van der Waals surface area contributed by atoms with Crippen molar-refractivity contribution >= 4 is 17.7 Å². The molecule has 3 aromatic rings. The van der Waals surface area contributed by atoms with Crippen molar-refractivity contribution in [1.29, 1.82) is 0 Å². The highest BCUT2D eigenvalue weighted by Gasteiger charge is 2.15. The Labute approximate surface area is 170 Å². The quantitative estimate of drug-likeness (QED) is 0.607. The number of hydrogen-bond donors (Lipinski definition) is 2. The number of nitrogens with zero attached hydrogens (tertiary/aromatic N) is 4. The van der Waals surface area contributed by atoms with Crippen LogP contribution in [0.5, 0.6) is 0 Å². The summed E-state index contributed by atoms with van der Waals surface area (Å²) in [5, 5.41) is 6.15. The van der Waals surface area contributed by atoms with Crippen molar-refractivity contribution in [2.24, 2.45) is 0 Å². The highest BCUT2D eigenvalue weighted by molar-refractivity contribution is 5.94. The van der Waals surface area contributed by atoms with E-state index < -0.39 is 0 Å². The predicted octanol–water partition coefficient (Wildman–Crippen LogP) is 3.02. The Morgan fingerprint density at radius 2 is 1.76 bits per heavy atom. The lowest BCUT2D eigenvalue weighted by molar-refractivity contribution is 0.0955. The number of carbonyl (C=O) groups excluding carboxylic acids is 1. The Morgan fingerprint density at radius 3 is 2.48 bits per heavy atom. The summed E-state index contributed by atoms with van der Waals surface area (Å²) in [6, 6.07) is 13.5. The third kappa shape index (κ3) is 4.74. The summed E-state index contributed by atoms with van der Waals surface area (Å²) < 4.78 is 2.00. The van der Waals surface area contributed by atoms with Gasteiger partial charge in [0, 0.05) is 61.6 Å². The summed E-state index contributed by atoms with van der Waals surface area (Å²) in [6.45, 7) is 5.14. The van der Waals surface area contributed by atoms with Crippen molar-refractivity contribution in [1.82, 2.24) is 19.9 Å². The SMILES string of the molecule is Cc1cc(N2CCCC2)nc(NCCNC(=O)c2ccc(-n3cccc3)cc2)n1. The van der Waals surface area contributed by atoms with Crippen LogP contribution in [-0.2, 0) is 0 Å². The van der Waals surface area contributed by atoms with Gasteiger partial charge in [0.25, 0.3) is 5.91 Å². The molecule has 0 saturated carbocycles. The van der Waals surface area contributed by atoms with Crippen LogP contribution in [0.2, 0.25) is 0 Å². The van der Waals surface area contributed by atoms with Crippen molar-refractivity contribution in [2.75, 3.05) is 36.4 Å². The molecule has 0 atom stereocenters. The monoisotopic (exact) mass is 390 g/mol. The molecule has 1 aliphatic rings. The first-order chi connectivity index (χ1) is 14.2. The number of hydrogen-bond acceptors (Lipinski definition) is 5. The molecule has 1 saturated heterocycles. The molecule has 7 heteroatoms. The largest absolute Gasteiger partial charge is 0.356 e. The van der Waals surface area contributed by atoms with Gasteiger partial charge >= 0.3 is 0 Å². The van der Waals surface area contributed by atoms with E-state index in [4.69, 9.17) is 0 Å². The number of aryl methyl sites for hydroxylation is 1. The second-order valence-corrected chi connectivity index (χ2v) is 7.21. The van der Waals surface area contributed by atoms with E-state index in [2.05, 4.69) is 25.5 Å². The number of nitrogens with one attached hydrogen (secondary N) is 2. The van der Waals surface area contributed by atoms with Gasteiger partial charge < -0.3 is 20.1 Å². The number of aromatic nitrogens is 3. The standard InChI is InChI=1S/C22H26N6O/c1-17-16-20(28-14-4-5-15-28)26-22(25-17)24-11-10-23-21(29)18-6-8-19(9-7-18)27-12-2-3-13-27/h2-3,6-9,12-13,16H,4-5,10-11,14-15H2,1H3,(H,23,29)(H,24,25,26). The molecule has 3 heterocycles. The van der Waals surface area contributed by atoms with Gasteiger partial charge in [-0.05, 0) is 56.2 Å². The number of amides is 1. The molecule has 4 rings (SSSR count). The average Bonchev–Trinajstić information content (AvgIpc) is 3.45. The second-order valence-electron chi connectivity index (χ2n) is 7.21. The van der Waals surface area contributed by atoms with Crippen molar-refractivity contribution in [3.05, 3.63) is 66.1 Å². The van der Waals surface area contributed by atoms with E-state index >= 15 is 0 Å². The molecule has 2 N–H and O–H groups in total. The summed E-state index contributed by atoms with van der Waals surface area (Å²) in [6.07, 6.45) is 6.38. The van der Waals surface area contributed by atoms with Crippen molar-refractivity contribution in [3.8, 4) is 5.69 Å². The molecular formula is C22H26N6O. The van der Waals surface area contributed by atoms with Gasteiger partial charge in [-0.3, -0.25) is 4.79 Å². The van der Waals surface area contributed by atoms with Crippen LogP contribution < -0.4 is 15.5 Å². The fourth-order valence-electron chi connectivity index (χ4n) is 3.48. The zero-order valence-corrected chi connectivity index (χ0v) is 16.6. The summed E-state index contributed by atoms with van der Waals surface area (Å²) in [5.74, 6) is 1.50. The van der Waals surface area contributed by atoms with Gasteiger partial charge in [-0.25, -0.2) is 4.98 Å². The highest BCUT2D eigenvalue weighted by Crippen LogP contribution is 2.19. The molecule has 0 spiro atoms. The third-order valence-electron chi connectivity index (χ3n) is 5.00. The number of benzene rings is 1. The molecule has 1 aliphatic heterocycles. The second kappa shape index (κ2) is 8.77. The third-order valence-corrected chi connectivity index (χ3v) is 5.00. The lowest BCUT2D eigenvalue weighted by Gasteiger charge is -2.17. The fraction of sp³-hybridized carbons (Fsp3) is 0.318. The molecule has 29 heavy (non-hydrogen) atoms. The van der Waals surface area contributed by atoms with Crippen molar-refractivity contribution in [3.63, 3.8) is 0 Å². The van der Waals surface area contributed by atoms with Crippen molar-refractivity contribution in [2.45, 2.75) is 19.8 Å². The topological polar surface area (TPSA) is 75.1 Å². The Balaban J connectivity index is 1.27. The maximum atomic E-state index is 12.4. The molecule has 0 radical (unpaired) electrons. The van der Waals surface area contributed by atoms with Gasteiger partial charge in [0.15, 0.2) is 0 Å². The first-order valence-electron chi connectivity index (χ1n) is 10.1. The maximum Gasteiger partial charge on any atom is 0.251 e. The minimum Gasteiger partial charge on any atom is -0.356 e. The Bertz CT molecular complexity index is 946. The maximum absolute atomic E-state index is 12.4. The predicted molar refractivity (Wildman–Crippen MR) is 115 cm³/mol. The van der Waals surface area contributed by atoms with E-state index in [1.807, 2.05) is 66.3 Å². The van der Waals surface area contributed by atoms with Gasteiger partial charge in [0.1, 0.15) is 5.82 Å². The number of carbonyl (C=O) groups is 1. The van der Waals surface area contributed by atoms with E-state index in [9.17, 15) is 4.79 Å². The summed E-state index contributed by atoms with van der Waals surface area (Å²) in [7, 11) is 0. The minimum atomic E-state index is -0.0891. The smallest absolute Gasteiger partial charge is 0.251 e. The minimum absolute atomic E-state index is 0.0891. The van der Waals surface area contributed by atoms with Gasteiger partial charge in [0.2, 0.25) is 5.95 Å². The molecule has 0 unspecified atom stereocenters. The van der Waals surface area contributed by atoms with E-state index in [0.29, 0.717) is 24.6 Å². The van der Waals surface area contributed by atoms with Gasteiger partial charge in [-0.1, -0.05) is 0 Å². The lowest BCUT2D eigenvalue weighted by atomic mass is 10.2. The van der Waals surface area contributed by atoms with Crippen LogP contribution in [0, 0.1) is 6.92 Å². The molecule has 1 fully saturated rings. The van der Waals surface area contributed by atoms with Crippen LogP contribution in [0.25, 0.3) is 5.69 Å². The average molecular weight is 390 g/mol. The molecule has 150 valence electrons. The van der Waals surface area contributed by atoms with Crippen molar-refractivity contribution < 1.29 is 4.79 Å². The normalized spacial score (nSPS) is 13.5. The summed E-state index contributed by atoms with van der Waals surface area (Å²) in [4.78, 5) is 23.7. The summed E-state index contributed by atoms with van der Waals surface area (Å²) >= 11 is 0. The Kier molecular flexibility index (Phi) is 5.74. The lowest BCUT2D eigenvalue weighted by Crippen LogP contribution is -2.29. The van der Waals surface area contributed by atoms with Gasteiger partial charge in [-0.15, -0.1) is 0 Å². The van der Waals surface area contributed by atoms with Crippen LogP contribution in [0.15, 0.2) is 54.9 Å². The van der Waals surface area contributed by atoms with E-state index in [1.165, 1.54) is 12.8 Å². The molecule has 2 aromatic heterocycles. The first kappa shape index (κ1) is 19.0. The summed E-state index contributed by atoms with van der Waals surface area (Å²) in [5.41, 5.74) is 2.61. The molecule has 1 aromatic carbocycles. The van der Waals surface area contributed by atoms with Gasteiger partial charge in [-0.2, -0.15) is 4.98 Å². The number of anilines is 2. The van der Waals surface area contributed by atoms with E-state index in [1.54, 1.807) is 0 Å². The van der Waals surface area contributed by atoms with Gasteiger partial charge in [0.05, 0.1) is 0 Å². The van der Waals surface area contributed by atoms with Crippen LogP contribution in [0.3, 0.4) is 0 Å². The molecule has 0 aliphatic carbocycles. The molecule has 1 amide bonds. The number of rotatable bonds is 7. The molecular weight excluding hydrogens is 364 g/mol. The van der Waals surface area contributed by atoms with Crippen LogP contribution in [0.4, 0.5) is 11.8 Å². The van der Waals surface area contributed by atoms with E-state index in [-0.39, 0.29) is 5.91 Å². The first-order valence-corrected chi connectivity index (χ1v) is 10.1.